The molecule has 114 valence electrons. The van der Waals surface area contributed by atoms with Crippen LogP contribution in [0.3, 0.4) is 0 Å². The van der Waals surface area contributed by atoms with E-state index in [1.54, 1.807) is 7.05 Å². The summed E-state index contributed by atoms with van der Waals surface area (Å²) >= 11 is 0. The summed E-state index contributed by atoms with van der Waals surface area (Å²) in [4.78, 5) is 15.7. The highest BCUT2D eigenvalue weighted by molar-refractivity contribution is 14.0. The van der Waals surface area contributed by atoms with Crippen LogP contribution in [0.25, 0.3) is 0 Å². The number of halogens is 1. The van der Waals surface area contributed by atoms with Crippen LogP contribution >= 0.6 is 24.0 Å². The van der Waals surface area contributed by atoms with Crippen molar-refractivity contribution >= 4 is 35.8 Å². The van der Waals surface area contributed by atoms with Gasteiger partial charge in [0.25, 0.3) is 0 Å². The molecular weight excluding hydrogens is 355 g/mol. The van der Waals surface area contributed by atoms with Gasteiger partial charge in [0.15, 0.2) is 5.96 Å². The number of nitrogens with one attached hydrogen (secondary N) is 3. The second kappa shape index (κ2) is 12.5. The van der Waals surface area contributed by atoms with E-state index in [-0.39, 0.29) is 35.9 Å². The van der Waals surface area contributed by atoms with E-state index in [0.717, 1.165) is 18.8 Å². The van der Waals surface area contributed by atoms with Crippen molar-refractivity contribution < 1.29 is 4.79 Å². The Kier molecular flexibility index (Phi) is 13.7. The van der Waals surface area contributed by atoms with Crippen molar-refractivity contribution in [3.63, 3.8) is 0 Å². The summed E-state index contributed by atoms with van der Waals surface area (Å²) in [6.07, 6.45) is 2.46. The number of aliphatic imine (C=N–C) groups is 1. The monoisotopic (exact) mass is 384 g/mol. The fourth-order valence-corrected chi connectivity index (χ4v) is 1.27. The molecule has 6 heteroatoms. The van der Waals surface area contributed by atoms with E-state index in [9.17, 15) is 4.79 Å². The van der Waals surface area contributed by atoms with Gasteiger partial charge in [0.1, 0.15) is 0 Å². The molecule has 0 rings (SSSR count). The Hall–Kier alpha value is -0.530. The minimum atomic E-state index is 0. The Labute approximate surface area is 134 Å². The quantitative estimate of drug-likeness (QED) is 0.357. The van der Waals surface area contributed by atoms with Crippen LogP contribution in [0.4, 0.5) is 0 Å². The summed E-state index contributed by atoms with van der Waals surface area (Å²) in [5, 5.41) is 9.32. The second-order valence-corrected chi connectivity index (χ2v) is 4.58. The topological polar surface area (TPSA) is 65.5 Å². The summed E-state index contributed by atoms with van der Waals surface area (Å²) in [5.74, 6) is 0.830. The van der Waals surface area contributed by atoms with Gasteiger partial charge in [-0.05, 0) is 26.7 Å². The van der Waals surface area contributed by atoms with E-state index in [2.05, 4.69) is 41.7 Å². The number of guanidine groups is 1. The molecule has 19 heavy (non-hydrogen) atoms. The first-order valence-electron chi connectivity index (χ1n) is 6.79. The van der Waals surface area contributed by atoms with E-state index >= 15 is 0 Å². The van der Waals surface area contributed by atoms with Crippen LogP contribution in [0.1, 0.15) is 47.0 Å². The van der Waals surface area contributed by atoms with Gasteiger partial charge >= 0.3 is 0 Å². The average molecular weight is 384 g/mol. The van der Waals surface area contributed by atoms with Crippen molar-refractivity contribution in [3.05, 3.63) is 0 Å². The summed E-state index contributed by atoms with van der Waals surface area (Å²) in [6.45, 7) is 8.88. The third-order valence-electron chi connectivity index (χ3n) is 2.88. The molecule has 0 aromatic heterocycles. The van der Waals surface area contributed by atoms with Gasteiger partial charge in [-0.3, -0.25) is 9.79 Å². The summed E-state index contributed by atoms with van der Waals surface area (Å²) < 4.78 is 0. The molecule has 0 aromatic carbocycles. The van der Waals surface area contributed by atoms with Crippen molar-refractivity contribution in [1.29, 1.82) is 0 Å². The Morgan fingerprint density at radius 1 is 1.11 bits per heavy atom. The Morgan fingerprint density at radius 2 is 1.63 bits per heavy atom. The van der Waals surface area contributed by atoms with Gasteiger partial charge in [0, 0.05) is 32.1 Å². The molecule has 0 aliphatic carbocycles. The molecule has 2 unspecified atom stereocenters. The maximum atomic E-state index is 11.5. The second-order valence-electron chi connectivity index (χ2n) is 4.58. The highest BCUT2D eigenvalue weighted by Crippen LogP contribution is 1.90. The molecule has 5 nitrogen and oxygen atoms in total. The van der Waals surface area contributed by atoms with Gasteiger partial charge in [0.05, 0.1) is 0 Å². The molecule has 0 saturated heterocycles. The van der Waals surface area contributed by atoms with Crippen LogP contribution in [0.5, 0.6) is 0 Å². The SMILES string of the molecule is CCC(C)NC(=O)CCNC(=NC)NC(C)CC.I. The van der Waals surface area contributed by atoms with Crippen LogP contribution in [0.15, 0.2) is 4.99 Å². The standard InChI is InChI=1S/C13H28N4O.HI/c1-6-10(3)16-12(18)8-9-15-13(14-5)17-11(4)7-2;/h10-11H,6-9H2,1-5H3,(H,16,18)(H2,14,15,17);1H. The molecule has 0 fully saturated rings. The molecule has 3 N–H and O–H groups in total. The van der Waals surface area contributed by atoms with E-state index in [1.807, 2.05) is 6.92 Å². The summed E-state index contributed by atoms with van der Waals surface area (Å²) in [7, 11) is 1.73. The van der Waals surface area contributed by atoms with E-state index in [1.165, 1.54) is 0 Å². The molecule has 0 bridgehead atoms. The number of amides is 1. The number of carbonyl (C=O) groups excluding carboxylic acids is 1. The van der Waals surface area contributed by atoms with Crippen LogP contribution < -0.4 is 16.0 Å². The summed E-state index contributed by atoms with van der Waals surface area (Å²) in [6, 6.07) is 0.625. The first-order valence-corrected chi connectivity index (χ1v) is 6.79. The highest BCUT2D eigenvalue weighted by Gasteiger charge is 2.06. The molecule has 0 aromatic rings. The first kappa shape index (κ1) is 20.8. The van der Waals surface area contributed by atoms with Crippen molar-refractivity contribution in [2.75, 3.05) is 13.6 Å². The van der Waals surface area contributed by atoms with E-state index in [4.69, 9.17) is 0 Å². The molecule has 0 heterocycles. The molecular formula is C13H29IN4O. The number of hydrogen-bond donors (Lipinski definition) is 3. The first-order chi connectivity index (χ1) is 8.53. The van der Waals surface area contributed by atoms with E-state index < -0.39 is 0 Å². The Morgan fingerprint density at radius 3 is 2.11 bits per heavy atom. The average Bonchev–Trinajstić information content (AvgIpc) is 2.36. The zero-order chi connectivity index (χ0) is 14.0. The fraction of sp³-hybridized carbons (Fsp3) is 0.846. The molecule has 2 atom stereocenters. The summed E-state index contributed by atoms with van der Waals surface area (Å²) in [5.41, 5.74) is 0. The van der Waals surface area contributed by atoms with Gasteiger partial charge < -0.3 is 16.0 Å². The zero-order valence-corrected chi connectivity index (χ0v) is 15.1. The molecule has 0 saturated carbocycles. The van der Waals surface area contributed by atoms with Crippen molar-refractivity contribution in [3.8, 4) is 0 Å². The van der Waals surface area contributed by atoms with E-state index in [0.29, 0.717) is 19.0 Å². The molecule has 1 amide bonds. The smallest absolute Gasteiger partial charge is 0.221 e. The normalized spacial score (nSPS) is 14.1. The third-order valence-corrected chi connectivity index (χ3v) is 2.88. The van der Waals surface area contributed by atoms with Crippen molar-refractivity contribution in [2.24, 2.45) is 4.99 Å². The minimum absolute atomic E-state index is 0. The highest BCUT2D eigenvalue weighted by atomic mass is 127. The number of carbonyl (C=O) groups is 1. The largest absolute Gasteiger partial charge is 0.356 e. The Bertz CT molecular complexity index is 271. The van der Waals surface area contributed by atoms with Crippen LogP contribution in [0.2, 0.25) is 0 Å². The fourth-order valence-electron chi connectivity index (χ4n) is 1.27. The number of nitrogens with zero attached hydrogens (tertiary/aromatic N) is 1. The number of rotatable bonds is 7. The predicted octanol–water partition coefficient (Wildman–Crippen LogP) is 1.87. The predicted molar refractivity (Wildman–Crippen MR) is 92.2 cm³/mol. The zero-order valence-electron chi connectivity index (χ0n) is 12.7. The lowest BCUT2D eigenvalue weighted by Gasteiger charge is -2.16. The van der Waals surface area contributed by atoms with Gasteiger partial charge in [-0.1, -0.05) is 13.8 Å². The molecule has 0 aliphatic heterocycles. The lowest BCUT2D eigenvalue weighted by Crippen LogP contribution is -2.43. The maximum absolute atomic E-state index is 11.5. The maximum Gasteiger partial charge on any atom is 0.221 e. The number of hydrogen-bond acceptors (Lipinski definition) is 2. The third kappa shape index (κ3) is 11.0. The molecule has 0 spiro atoms. The molecule has 0 aliphatic rings. The van der Waals surface area contributed by atoms with Crippen LogP contribution in [0, 0.1) is 0 Å². The van der Waals surface area contributed by atoms with Gasteiger partial charge in [-0.15, -0.1) is 24.0 Å². The lowest BCUT2D eigenvalue weighted by molar-refractivity contribution is -0.121. The molecule has 0 radical (unpaired) electrons. The van der Waals surface area contributed by atoms with Gasteiger partial charge in [-0.2, -0.15) is 0 Å². The van der Waals surface area contributed by atoms with Crippen LogP contribution in [-0.2, 0) is 4.79 Å². The lowest BCUT2D eigenvalue weighted by atomic mass is 10.2. The van der Waals surface area contributed by atoms with Crippen molar-refractivity contribution in [2.45, 2.75) is 59.0 Å². The van der Waals surface area contributed by atoms with Gasteiger partial charge in [-0.25, -0.2) is 0 Å². The van der Waals surface area contributed by atoms with Crippen molar-refractivity contribution in [1.82, 2.24) is 16.0 Å². The Balaban J connectivity index is 0. The minimum Gasteiger partial charge on any atom is -0.356 e. The van der Waals surface area contributed by atoms with Gasteiger partial charge in [0.2, 0.25) is 5.91 Å². The van der Waals surface area contributed by atoms with Crippen LogP contribution in [-0.4, -0.2) is 37.5 Å².